The van der Waals surface area contributed by atoms with Crippen molar-refractivity contribution in [2.75, 3.05) is 12.4 Å². The van der Waals surface area contributed by atoms with Crippen LogP contribution in [-0.4, -0.2) is 29.9 Å². The van der Waals surface area contributed by atoms with Crippen LogP contribution in [0.4, 0.5) is 10.1 Å². The summed E-state index contributed by atoms with van der Waals surface area (Å²) in [4.78, 5) is 28.9. The molecule has 182 valence electrons. The number of carbonyl (C=O) groups excluding carboxylic acids is 2. The van der Waals surface area contributed by atoms with Crippen LogP contribution in [-0.2, 0) is 16.1 Å². The highest BCUT2D eigenvalue weighted by Crippen LogP contribution is 2.39. The third kappa shape index (κ3) is 5.25. The number of nitrogens with zero attached hydrogens (tertiary/aromatic N) is 1. The van der Waals surface area contributed by atoms with E-state index in [1.54, 1.807) is 48.5 Å². The third-order valence-electron chi connectivity index (χ3n) is 5.86. The first-order valence-electron chi connectivity index (χ1n) is 11.2. The summed E-state index contributed by atoms with van der Waals surface area (Å²) in [6.45, 7) is 3.56. The molecule has 0 aliphatic carbocycles. The molecule has 1 aliphatic rings. The van der Waals surface area contributed by atoms with Crippen LogP contribution < -0.4 is 14.8 Å². The molecule has 0 radical (unpaired) electrons. The number of amides is 2. The zero-order valence-corrected chi connectivity index (χ0v) is 20.4. The summed E-state index contributed by atoms with van der Waals surface area (Å²) >= 11 is 5.93. The lowest BCUT2D eigenvalue weighted by Crippen LogP contribution is -2.46. The van der Waals surface area contributed by atoms with Crippen LogP contribution in [0.1, 0.15) is 31.0 Å². The molecule has 2 unspecified atom stereocenters. The van der Waals surface area contributed by atoms with Gasteiger partial charge >= 0.3 is 0 Å². The van der Waals surface area contributed by atoms with Gasteiger partial charge < -0.3 is 19.7 Å². The summed E-state index contributed by atoms with van der Waals surface area (Å²) in [5, 5.41) is 3.12. The molecular formula is C27H26ClFN2O4. The predicted molar refractivity (Wildman–Crippen MR) is 132 cm³/mol. The molecule has 2 atom stereocenters. The van der Waals surface area contributed by atoms with E-state index >= 15 is 0 Å². The largest absolute Gasteiger partial charge is 0.497 e. The van der Waals surface area contributed by atoms with Gasteiger partial charge in [0.2, 0.25) is 0 Å². The number of para-hydroxylation sites is 1. The molecular weight excluding hydrogens is 471 g/mol. The second-order valence-corrected chi connectivity index (χ2v) is 9.08. The van der Waals surface area contributed by atoms with Gasteiger partial charge in [-0.05, 0) is 42.3 Å². The van der Waals surface area contributed by atoms with Crippen LogP contribution in [0.2, 0.25) is 5.02 Å². The Morgan fingerprint density at radius 1 is 1.14 bits per heavy atom. The third-order valence-corrected chi connectivity index (χ3v) is 6.09. The number of hydrogen-bond acceptors (Lipinski definition) is 4. The molecule has 3 aromatic carbocycles. The van der Waals surface area contributed by atoms with Crippen LogP contribution in [0.3, 0.4) is 0 Å². The van der Waals surface area contributed by atoms with E-state index in [-0.39, 0.29) is 23.0 Å². The lowest BCUT2D eigenvalue weighted by atomic mass is 10.0. The SMILES string of the molecule is COc1ccc2c(c1)OC(C(C)C)C(=O)N(Cc1ccc(Cl)cc1F)C2C(=O)Nc1ccccc1. The van der Waals surface area contributed by atoms with Gasteiger partial charge in [0.05, 0.1) is 7.11 Å². The van der Waals surface area contributed by atoms with E-state index in [4.69, 9.17) is 21.1 Å². The number of hydrogen-bond donors (Lipinski definition) is 1. The van der Waals surface area contributed by atoms with Crippen molar-refractivity contribution in [3.05, 3.63) is 88.7 Å². The fourth-order valence-corrected chi connectivity index (χ4v) is 4.21. The van der Waals surface area contributed by atoms with Gasteiger partial charge in [0, 0.05) is 34.4 Å². The van der Waals surface area contributed by atoms with Crippen molar-refractivity contribution in [3.8, 4) is 11.5 Å². The fraction of sp³-hybridized carbons (Fsp3) is 0.259. The number of methoxy groups -OCH3 is 1. The standard InChI is InChI=1S/C27H26ClFN2O4/c1-16(2)25-27(33)31(15-17-9-10-18(28)13-22(17)29)24(26(32)30-19-7-5-4-6-8-19)21-12-11-20(34-3)14-23(21)35-25/h4-14,16,24-25H,15H2,1-3H3,(H,30,32). The van der Waals surface area contributed by atoms with E-state index < -0.39 is 29.8 Å². The topological polar surface area (TPSA) is 67.9 Å². The number of rotatable bonds is 6. The van der Waals surface area contributed by atoms with Crippen molar-refractivity contribution in [2.24, 2.45) is 5.92 Å². The first kappa shape index (κ1) is 24.5. The van der Waals surface area contributed by atoms with Crippen LogP contribution in [0.15, 0.2) is 66.7 Å². The number of fused-ring (bicyclic) bond motifs is 1. The van der Waals surface area contributed by atoms with E-state index in [1.807, 2.05) is 19.9 Å². The molecule has 2 amide bonds. The zero-order valence-electron chi connectivity index (χ0n) is 19.6. The van der Waals surface area contributed by atoms with Crippen LogP contribution in [0.25, 0.3) is 0 Å². The Balaban J connectivity index is 1.84. The summed E-state index contributed by atoms with van der Waals surface area (Å²) in [5.74, 6) is -0.748. The van der Waals surface area contributed by atoms with Crippen LogP contribution >= 0.6 is 11.6 Å². The van der Waals surface area contributed by atoms with Gasteiger partial charge in [-0.15, -0.1) is 0 Å². The highest BCUT2D eigenvalue weighted by atomic mass is 35.5. The first-order chi connectivity index (χ1) is 16.8. The maximum atomic E-state index is 14.8. The minimum atomic E-state index is -1.08. The Morgan fingerprint density at radius 3 is 2.54 bits per heavy atom. The monoisotopic (exact) mass is 496 g/mol. The molecule has 0 saturated heterocycles. The molecule has 0 saturated carbocycles. The lowest BCUT2D eigenvalue weighted by molar-refractivity contribution is -0.146. The Labute approximate surface area is 208 Å². The number of benzene rings is 3. The van der Waals surface area contributed by atoms with Gasteiger partial charge in [-0.1, -0.05) is 49.7 Å². The van der Waals surface area contributed by atoms with Gasteiger partial charge in [-0.25, -0.2) is 4.39 Å². The summed E-state index contributed by atoms with van der Waals surface area (Å²) in [7, 11) is 1.53. The lowest BCUT2D eigenvalue weighted by Gasteiger charge is -2.31. The number of anilines is 1. The van der Waals surface area contributed by atoms with E-state index in [1.165, 1.54) is 24.1 Å². The highest BCUT2D eigenvalue weighted by molar-refractivity contribution is 6.30. The molecule has 8 heteroatoms. The normalized spacial score (nSPS) is 17.4. The van der Waals surface area contributed by atoms with Crippen molar-refractivity contribution >= 4 is 29.1 Å². The second kappa shape index (κ2) is 10.4. The summed E-state index contributed by atoms with van der Waals surface area (Å²) in [6.07, 6.45) is -0.884. The van der Waals surface area contributed by atoms with E-state index in [0.29, 0.717) is 22.7 Å². The van der Waals surface area contributed by atoms with Gasteiger partial charge in [-0.2, -0.15) is 0 Å². The quantitative estimate of drug-likeness (QED) is 0.481. The van der Waals surface area contributed by atoms with E-state index in [0.717, 1.165) is 0 Å². The fourth-order valence-electron chi connectivity index (χ4n) is 4.05. The van der Waals surface area contributed by atoms with Gasteiger partial charge in [0.1, 0.15) is 23.4 Å². The van der Waals surface area contributed by atoms with E-state index in [9.17, 15) is 14.0 Å². The summed E-state index contributed by atoms with van der Waals surface area (Å²) in [5.41, 5.74) is 1.29. The Bertz CT molecular complexity index is 1240. The summed E-state index contributed by atoms with van der Waals surface area (Å²) < 4.78 is 26.3. The van der Waals surface area contributed by atoms with Crippen molar-refractivity contribution in [2.45, 2.75) is 32.5 Å². The number of carbonyl (C=O) groups is 2. The van der Waals surface area contributed by atoms with Crippen molar-refractivity contribution < 1.29 is 23.5 Å². The Kier molecular flexibility index (Phi) is 7.26. The number of nitrogens with one attached hydrogen (secondary N) is 1. The molecule has 1 aliphatic heterocycles. The Hall–Kier alpha value is -3.58. The van der Waals surface area contributed by atoms with Crippen molar-refractivity contribution in [1.29, 1.82) is 0 Å². The first-order valence-corrected chi connectivity index (χ1v) is 11.6. The molecule has 0 aromatic heterocycles. The van der Waals surface area contributed by atoms with Crippen molar-refractivity contribution in [1.82, 2.24) is 4.90 Å². The number of halogens is 2. The smallest absolute Gasteiger partial charge is 0.265 e. The van der Waals surface area contributed by atoms with E-state index in [2.05, 4.69) is 5.32 Å². The predicted octanol–water partition coefficient (Wildman–Crippen LogP) is 5.61. The van der Waals surface area contributed by atoms with Gasteiger partial charge in [0.25, 0.3) is 11.8 Å². The molecule has 1 heterocycles. The molecule has 1 N–H and O–H groups in total. The molecule has 0 bridgehead atoms. The van der Waals surface area contributed by atoms with Crippen molar-refractivity contribution in [3.63, 3.8) is 0 Å². The second-order valence-electron chi connectivity index (χ2n) is 8.65. The van der Waals surface area contributed by atoms with Gasteiger partial charge in [0.15, 0.2) is 6.10 Å². The average molecular weight is 497 g/mol. The molecule has 0 fully saturated rings. The average Bonchev–Trinajstić information content (AvgIpc) is 2.95. The number of ether oxygens (including phenoxy) is 2. The van der Waals surface area contributed by atoms with Crippen LogP contribution in [0, 0.1) is 11.7 Å². The summed E-state index contributed by atoms with van der Waals surface area (Å²) in [6, 6.07) is 17.2. The minimum absolute atomic E-state index is 0.146. The molecule has 6 nitrogen and oxygen atoms in total. The van der Waals surface area contributed by atoms with Crippen LogP contribution in [0.5, 0.6) is 11.5 Å². The Morgan fingerprint density at radius 2 is 1.89 bits per heavy atom. The zero-order chi connectivity index (χ0) is 25.1. The minimum Gasteiger partial charge on any atom is -0.497 e. The molecule has 0 spiro atoms. The highest BCUT2D eigenvalue weighted by Gasteiger charge is 2.42. The molecule has 35 heavy (non-hydrogen) atoms. The molecule has 3 aromatic rings. The molecule has 4 rings (SSSR count). The maximum absolute atomic E-state index is 14.8. The maximum Gasteiger partial charge on any atom is 0.265 e. The van der Waals surface area contributed by atoms with Gasteiger partial charge in [-0.3, -0.25) is 9.59 Å².